The van der Waals surface area contributed by atoms with Crippen LogP contribution < -0.4 is 0 Å². The molecule has 2 unspecified atom stereocenters. The first-order valence-electron chi connectivity index (χ1n) is 2.75. The third kappa shape index (κ3) is 1.12. The molecule has 1 fully saturated rings. The second-order valence-corrected chi connectivity index (χ2v) is 1.78. The monoisotopic (exact) mass is 134 g/mol. The molecule has 0 aromatic heterocycles. The van der Waals surface area contributed by atoms with Crippen LogP contribution in [0.1, 0.15) is 13.3 Å². The van der Waals surface area contributed by atoms with E-state index in [0.29, 0.717) is 6.42 Å². The lowest BCUT2D eigenvalue weighted by molar-refractivity contribution is 0.0303. The summed E-state index contributed by atoms with van der Waals surface area (Å²) in [6, 6.07) is 0. The Morgan fingerprint density at radius 2 is 2.33 bits per heavy atom. The Hall–Kier alpha value is -0.800. The van der Waals surface area contributed by atoms with Crippen LogP contribution in [0.5, 0.6) is 0 Å². The smallest absolute Gasteiger partial charge is 0.424 e. The SMILES string of the molecule is CCC1OC(=O)OC1F. The number of carbonyl (C=O) groups excluding carboxylic acids is 1. The fraction of sp³-hybridized carbons (Fsp3) is 0.800. The maximum absolute atomic E-state index is 12.3. The van der Waals surface area contributed by atoms with Crippen LogP contribution in [0.3, 0.4) is 0 Å². The van der Waals surface area contributed by atoms with Gasteiger partial charge in [-0.2, -0.15) is 4.39 Å². The number of alkyl halides is 1. The molecule has 1 aliphatic rings. The molecule has 0 aromatic carbocycles. The first-order valence-corrected chi connectivity index (χ1v) is 2.75. The summed E-state index contributed by atoms with van der Waals surface area (Å²) in [5.74, 6) is 0. The Balaban J connectivity index is 2.47. The largest absolute Gasteiger partial charge is 0.511 e. The Labute approximate surface area is 51.7 Å². The average Bonchev–Trinajstić information content (AvgIpc) is 2.10. The van der Waals surface area contributed by atoms with E-state index in [1.165, 1.54) is 0 Å². The highest BCUT2D eigenvalue weighted by atomic mass is 19.1. The number of ether oxygens (including phenoxy) is 2. The molecule has 3 nitrogen and oxygen atoms in total. The Morgan fingerprint density at radius 1 is 1.67 bits per heavy atom. The van der Waals surface area contributed by atoms with Gasteiger partial charge >= 0.3 is 6.16 Å². The van der Waals surface area contributed by atoms with E-state index in [-0.39, 0.29) is 0 Å². The van der Waals surface area contributed by atoms with Crippen LogP contribution in [0.4, 0.5) is 9.18 Å². The molecule has 1 aliphatic heterocycles. The van der Waals surface area contributed by atoms with Gasteiger partial charge in [0.25, 0.3) is 6.36 Å². The number of hydrogen-bond donors (Lipinski definition) is 0. The van der Waals surface area contributed by atoms with Gasteiger partial charge in [0, 0.05) is 0 Å². The van der Waals surface area contributed by atoms with Gasteiger partial charge in [-0.3, -0.25) is 0 Å². The van der Waals surface area contributed by atoms with E-state index < -0.39 is 18.6 Å². The zero-order valence-corrected chi connectivity index (χ0v) is 4.96. The topological polar surface area (TPSA) is 35.5 Å². The minimum atomic E-state index is -1.57. The highest BCUT2D eigenvalue weighted by molar-refractivity contribution is 5.62. The highest BCUT2D eigenvalue weighted by Gasteiger charge is 2.34. The van der Waals surface area contributed by atoms with Crippen LogP contribution in [0.15, 0.2) is 0 Å². The first kappa shape index (κ1) is 6.32. The number of carbonyl (C=O) groups is 1. The van der Waals surface area contributed by atoms with Crippen LogP contribution in [-0.2, 0) is 9.47 Å². The number of rotatable bonds is 1. The van der Waals surface area contributed by atoms with E-state index in [9.17, 15) is 9.18 Å². The van der Waals surface area contributed by atoms with Gasteiger partial charge in [-0.25, -0.2) is 4.79 Å². The van der Waals surface area contributed by atoms with Crippen LogP contribution in [0.2, 0.25) is 0 Å². The van der Waals surface area contributed by atoms with Crippen LogP contribution >= 0.6 is 0 Å². The quantitative estimate of drug-likeness (QED) is 0.506. The van der Waals surface area contributed by atoms with Crippen molar-refractivity contribution in [2.24, 2.45) is 0 Å². The summed E-state index contributed by atoms with van der Waals surface area (Å²) in [5, 5.41) is 0. The maximum Gasteiger partial charge on any atom is 0.511 e. The van der Waals surface area contributed by atoms with Crippen molar-refractivity contribution < 1.29 is 18.7 Å². The zero-order valence-electron chi connectivity index (χ0n) is 4.96. The summed E-state index contributed by atoms with van der Waals surface area (Å²) >= 11 is 0. The van der Waals surface area contributed by atoms with Crippen molar-refractivity contribution in [1.29, 1.82) is 0 Å². The molecule has 52 valence electrons. The van der Waals surface area contributed by atoms with Gasteiger partial charge in [0.1, 0.15) is 0 Å². The number of halogens is 1. The molecule has 1 rings (SSSR count). The van der Waals surface area contributed by atoms with E-state index in [4.69, 9.17) is 0 Å². The minimum absolute atomic E-state index is 0.451. The van der Waals surface area contributed by atoms with Gasteiger partial charge in [0.05, 0.1) is 0 Å². The minimum Gasteiger partial charge on any atom is -0.424 e. The fourth-order valence-corrected chi connectivity index (χ4v) is 0.641. The highest BCUT2D eigenvalue weighted by Crippen LogP contribution is 2.18. The molecule has 0 saturated carbocycles. The van der Waals surface area contributed by atoms with E-state index in [0.717, 1.165) is 0 Å². The van der Waals surface area contributed by atoms with Crippen molar-refractivity contribution in [2.45, 2.75) is 25.8 Å². The van der Waals surface area contributed by atoms with E-state index >= 15 is 0 Å². The third-order valence-corrected chi connectivity index (χ3v) is 1.15. The molecule has 0 bridgehead atoms. The summed E-state index contributed by atoms with van der Waals surface area (Å²) in [7, 11) is 0. The summed E-state index contributed by atoms with van der Waals surface area (Å²) < 4.78 is 20.7. The number of cyclic esters (lactones) is 2. The zero-order chi connectivity index (χ0) is 6.85. The predicted molar refractivity (Wildman–Crippen MR) is 26.5 cm³/mol. The molecule has 2 atom stereocenters. The predicted octanol–water partition coefficient (Wildman–Crippen LogP) is 1.23. The van der Waals surface area contributed by atoms with E-state index in [1.54, 1.807) is 6.92 Å². The first-order chi connectivity index (χ1) is 4.24. The van der Waals surface area contributed by atoms with Gasteiger partial charge in [-0.1, -0.05) is 6.92 Å². The summed E-state index contributed by atoms with van der Waals surface area (Å²) in [6.07, 6.45) is -2.72. The summed E-state index contributed by atoms with van der Waals surface area (Å²) in [4.78, 5) is 10.1. The molecular weight excluding hydrogens is 127 g/mol. The molecule has 1 heterocycles. The summed E-state index contributed by atoms with van der Waals surface area (Å²) in [5.41, 5.74) is 0. The molecule has 0 aromatic rings. The lowest BCUT2D eigenvalue weighted by Gasteiger charge is -2.02. The molecule has 0 aliphatic carbocycles. The van der Waals surface area contributed by atoms with Crippen molar-refractivity contribution in [1.82, 2.24) is 0 Å². The standard InChI is InChI=1S/C5H7FO3/c1-2-3-4(6)9-5(7)8-3/h3-4H,2H2,1H3. The fourth-order valence-electron chi connectivity index (χ4n) is 0.641. The summed E-state index contributed by atoms with van der Waals surface area (Å²) in [6.45, 7) is 1.72. The second-order valence-electron chi connectivity index (χ2n) is 1.78. The van der Waals surface area contributed by atoms with Crippen LogP contribution in [0, 0.1) is 0 Å². The molecule has 4 heteroatoms. The molecule has 0 amide bonds. The van der Waals surface area contributed by atoms with E-state index in [2.05, 4.69) is 9.47 Å². The van der Waals surface area contributed by atoms with Gasteiger partial charge < -0.3 is 9.47 Å². The average molecular weight is 134 g/mol. The molecule has 1 saturated heterocycles. The number of hydrogen-bond acceptors (Lipinski definition) is 3. The lowest BCUT2D eigenvalue weighted by atomic mass is 10.3. The normalized spacial score (nSPS) is 33.8. The van der Waals surface area contributed by atoms with Crippen molar-refractivity contribution in [3.63, 3.8) is 0 Å². The second kappa shape index (κ2) is 2.21. The van der Waals surface area contributed by atoms with Crippen molar-refractivity contribution >= 4 is 6.16 Å². The third-order valence-electron chi connectivity index (χ3n) is 1.15. The molecule has 0 spiro atoms. The molecule has 0 radical (unpaired) electrons. The molecule has 9 heavy (non-hydrogen) atoms. The van der Waals surface area contributed by atoms with Gasteiger partial charge in [0.2, 0.25) is 0 Å². The Bertz CT molecular complexity index is 125. The van der Waals surface area contributed by atoms with Gasteiger partial charge in [0.15, 0.2) is 6.10 Å². The van der Waals surface area contributed by atoms with Gasteiger partial charge in [-0.05, 0) is 6.42 Å². The maximum atomic E-state index is 12.3. The van der Waals surface area contributed by atoms with Crippen LogP contribution in [-0.4, -0.2) is 18.6 Å². The Morgan fingerprint density at radius 3 is 2.56 bits per heavy atom. The van der Waals surface area contributed by atoms with Crippen LogP contribution in [0.25, 0.3) is 0 Å². The molecule has 0 N–H and O–H groups in total. The lowest BCUT2D eigenvalue weighted by Crippen LogP contribution is -2.15. The van der Waals surface area contributed by atoms with Crippen molar-refractivity contribution in [3.8, 4) is 0 Å². The molecular formula is C5H7FO3. The van der Waals surface area contributed by atoms with E-state index in [1.807, 2.05) is 0 Å². The van der Waals surface area contributed by atoms with Crippen molar-refractivity contribution in [2.75, 3.05) is 0 Å². The Kier molecular flexibility index (Phi) is 1.55. The van der Waals surface area contributed by atoms with Crippen molar-refractivity contribution in [3.05, 3.63) is 0 Å². The van der Waals surface area contributed by atoms with Gasteiger partial charge in [-0.15, -0.1) is 0 Å².